The van der Waals surface area contributed by atoms with Gasteiger partial charge in [-0.05, 0) is 48.5 Å². The minimum absolute atomic E-state index is 0.213. The zero-order chi connectivity index (χ0) is 13.9. The predicted molar refractivity (Wildman–Crippen MR) is 79.5 cm³/mol. The van der Waals surface area contributed by atoms with Crippen LogP contribution >= 0.6 is 11.8 Å². The van der Waals surface area contributed by atoms with Crippen LogP contribution in [-0.2, 0) is 0 Å². The number of rotatable bonds is 4. The third-order valence-corrected chi connectivity index (χ3v) is 4.57. The van der Waals surface area contributed by atoms with Crippen LogP contribution in [0, 0.1) is 5.92 Å². The maximum atomic E-state index is 10.9. The first-order chi connectivity index (χ1) is 9.72. The second-order valence-electron chi connectivity index (χ2n) is 4.94. The van der Waals surface area contributed by atoms with Crippen molar-refractivity contribution < 1.29 is 14.3 Å². The van der Waals surface area contributed by atoms with Gasteiger partial charge in [0.05, 0.1) is 5.56 Å². The molecule has 0 radical (unpaired) electrons. The number of aromatic nitrogens is 1. The number of nitrogens with one attached hydrogen (secondary N) is 1. The van der Waals surface area contributed by atoms with E-state index in [1.165, 1.54) is 36.5 Å². The molecule has 0 aliphatic carbocycles. The number of thioether (sulfide) groups is 1. The fourth-order valence-corrected chi connectivity index (χ4v) is 3.52. The molecule has 6 heteroatoms. The van der Waals surface area contributed by atoms with Crippen LogP contribution in [0.5, 0.6) is 0 Å². The molecule has 2 N–H and O–H groups in total. The van der Waals surface area contributed by atoms with Crippen LogP contribution < -0.4 is 5.32 Å². The van der Waals surface area contributed by atoms with Gasteiger partial charge in [-0.25, -0.2) is 4.79 Å². The van der Waals surface area contributed by atoms with E-state index in [4.69, 9.17) is 9.52 Å². The Balaban J connectivity index is 1.70. The Labute approximate surface area is 120 Å². The number of fused-ring (bicyclic) bond motifs is 1. The lowest BCUT2D eigenvalue weighted by Gasteiger charge is -2.20. The van der Waals surface area contributed by atoms with Crippen molar-refractivity contribution in [3.8, 4) is 0 Å². The van der Waals surface area contributed by atoms with Gasteiger partial charge in [-0.2, -0.15) is 16.7 Å². The van der Waals surface area contributed by atoms with E-state index >= 15 is 0 Å². The highest BCUT2D eigenvalue weighted by molar-refractivity contribution is 7.99. The molecular weight excluding hydrogens is 276 g/mol. The van der Waals surface area contributed by atoms with Crippen molar-refractivity contribution in [3.63, 3.8) is 0 Å². The first-order valence-electron chi connectivity index (χ1n) is 6.68. The van der Waals surface area contributed by atoms with Gasteiger partial charge in [0.2, 0.25) is 0 Å². The third kappa shape index (κ3) is 2.90. The van der Waals surface area contributed by atoms with Crippen LogP contribution in [0.1, 0.15) is 23.2 Å². The number of carboxylic acid groups (broad SMARTS) is 1. The normalized spacial score (nSPS) is 16.4. The molecule has 1 aromatic carbocycles. The Kier molecular flexibility index (Phi) is 3.82. The minimum Gasteiger partial charge on any atom is -0.478 e. The lowest BCUT2D eigenvalue weighted by Crippen LogP contribution is -2.19. The molecule has 0 bridgehead atoms. The minimum atomic E-state index is -0.961. The number of carboxylic acids is 1. The summed E-state index contributed by atoms with van der Waals surface area (Å²) in [6.45, 7) is 0.860. The second kappa shape index (κ2) is 5.75. The van der Waals surface area contributed by atoms with E-state index in [1.54, 1.807) is 6.07 Å². The summed E-state index contributed by atoms with van der Waals surface area (Å²) in [5.41, 5.74) is 1.40. The summed E-state index contributed by atoms with van der Waals surface area (Å²) in [5.74, 6) is 2.15. The molecule has 1 aliphatic rings. The van der Waals surface area contributed by atoms with Crippen molar-refractivity contribution in [1.82, 2.24) is 4.98 Å². The van der Waals surface area contributed by atoms with Crippen LogP contribution in [-0.4, -0.2) is 34.1 Å². The van der Waals surface area contributed by atoms with Crippen LogP contribution in [0.3, 0.4) is 0 Å². The number of carbonyl (C=O) groups is 1. The van der Waals surface area contributed by atoms with Crippen molar-refractivity contribution in [2.75, 3.05) is 23.4 Å². The van der Waals surface area contributed by atoms with Gasteiger partial charge in [0.1, 0.15) is 5.52 Å². The van der Waals surface area contributed by atoms with Gasteiger partial charge in [-0.1, -0.05) is 0 Å². The van der Waals surface area contributed by atoms with Gasteiger partial charge in [-0.15, -0.1) is 0 Å². The van der Waals surface area contributed by atoms with Crippen LogP contribution in [0.25, 0.3) is 11.1 Å². The average molecular weight is 292 g/mol. The summed E-state index contributed by atoms with van der Waals surface area (Å²) < 4.78 is 5.56. The predicted octanol–water partition coefficient (Wildman–Crippen LogP) is 3.08. The Morgan fingerprint density at radius 2 is 2.25 bits per heavy atom. The Morgan fingerprint density at radius 1 is 1.45 bits per heavy atom. The van der Waals surface area contributed by atoms with Crippen LogP contribution in [0.2, 0.25) is 0 Å². The molecule has 106 valence electrons. The molecule has 0 saturated carbocycles. The summed E-state index contributed by atoms with van der Waals surface area (Å²) in [5, 5.41) is 12.2. The van der Waals surface area contributed by atoms with Gasteiger partial charge < -0.3 is 14.8 Å². The van der Waals surface area contributed by atoms with E-state index in [-0.39, 0.29) is 5.56 Å². The smallest absolute Gasteiger partial charge is 0.335 e. The summed E-state index contributed by atoms with van der Waals surface area (Å²) >= 11 is 2.01. The standard InChI is InChI=1S/C14H16N2O3S/c17-13(18)10-1-2-11-12(7-10)19-14(16-11)15-8-9-3-5-20-6-4-9/h1-2,7,9H,3-6,8H2,(H,15,16)(H,17,18). The molecule has 3 rings (SSSR count). The van der Waals surface area contributed by atoms with E-state index in [0.717, 1.165) is 6.54 Å². The number of hydrogen-bond acceptors (Lipinski definition) is 5. The molecule has 5 nitrogen and oxygen atoms in total. The van der Waals surface area contributed by atoms with Crippen molar-refractivity contribution in [3.05, 3.63) is 23.8 Å². The molecule has 0 spiro atoms. The Morgan fingerprint density at radius 3 is 3.00 bits per heavy atom. The fourth-order valence-electron chi connectivity index (χ4n) is 2.32. The SMILES string of the molecule is O=C(O)c1ccc2nc(NCC3CCSCC3)oc2c1. The average Bonchev–Trinajstić information content (AvgIpc) is 2.88. The zero-order valence-corrected chi connectivity index (χ0v) is 11.8. The molecule has 1 aliphatic heterocycles. The topological polar surface area (TPSA) is 75.4 Å². The number of nitrogens with zero attached hydrogens (tertiary/aromatic N) is 1. The molecule has 0 atom stereocenters. The molecule has 0 amide bonds. The molecule has 20 heavy (non-hydrogen) atoms. The quantitative estimate of drug-likeness (QED) is 0.902. The first-order valence-corrected chi connectivity index (χ1v) is 7.83. The lowest BCUT2D eigenvalue weighted by atomic mass is 10.0. The van der Waals surface area contributed by atoms with E-state index in [9.17, 15) is 4.79 Å². The van der Waals surface area contributed by atoms with E-state index in [0.29, 0.717) is 23.0 Å². The molecule has 2 heterocycles. The highest BCUT2D eigenvalue weighted by Crippen LogP contribution is 2.24. The van der Waals surface area contributed by atoms with Gasteiger partial charge in [0.15, 0.2) is 5.58 Å². The molecule has 1 fully saturated rings. The summed E-state index contributed by atoms with van der Waals surface area (Å²) in [6.07, 6.45) is 2.45. The highest BCUT2D eigenvalue weighted by atomic mass is 32.2. The van der Waals surface area contributed by atoms with Gasteiger partial charge in [-0.3, -0.25) is 0 Å². The van der Waals surface area contributed by atoms with Gasteiger partial charge in [0, 0.05) is 6.54 Å². The maximum Gasteiger partial charge on any atom is 0.335 e. The van der Waals surface area contributed by atoms with Crippen molar-refractivity contribution in [1.29, 1.82) is 0 Å². The Hall–Kier alpha value is -1.69. The van der Waals surface area contributed by atoms with Crippen molar-refractivity contribution in [2.24, 2.45) is 5.92 Å². The fraction of sp³-hybridized carbons (Fsp3) is 0.429. The number of hydrogen-bond donors (Lipinski definition) is 2. The molecule has 2 aromatic rings. The van der Waals surface area contributed by atoms with Gasteiger partial charge in [0.25, 0.3) is 6.01 Å². The Bertz CT molecular complexity index is 620. The maximum absolute atomic E-state index is 10.9. The summed E-state index contributed by atoms with van der Waals surface area (Å²) in [7, 11) is 0. The first kappa shape index (κ1) is 13.3. The largest absolute Gasteiger partial charge is 0.478 e. The van der Waals surface area contributed by atoms with Gasteiger partial charge >= 0.3 is 5.97 Å². The molecule has 0 unspecified atom stereocenters. The summed E-state index contributed by atoms with van der Waals surface area (Å²) in [4.78, 5) is 15.2. The van der Waals surface area contributed by atoms with Crippen molar-refractivity contribution in [2.45, 2.75) is 12.8 Å². The number of benzene rings is 1. The monoisotopic (exact) mass is 292 g/mol. The van der Waals surface area contributed by atoms with Crippen molar-refractivity contribution >= 4 is 34.8 Å². The van der Waals surface area contributed by atoms with Crippen LogP contribution in [0.15, 0.2) is 22.6 Å². The van der Waals surface area contributed by atoms with E-state index < -0.39 is 5.97 Å². The molecule has 1 aromatic heterocycles. The van der Waals surface area contributed by atoms with E-state index in [2.05, 4.69) is 10.3 Å². The number of anilines is 1. The lowest BCUT2D eigenvalue weighted by molar-refractivity contribution is 0.0697. The van der Waals surface area contributed by atoms with E-state index in [1.807, 2.05) is 11.8 Å². The molecular formula is C14H16N2O3S. The van der Waals surface area contributed by atoms with Crippen LogP contribution in [0.4, 0.5) is 6.01 Å². The third-order valence-electron chi connectivity index (χ3n) is 3.52. The highest BCUT2D eigenvalue weighted by Gasteiger charge is 2.15. The zero-order valence-electron chi connectivity index (χ0n) is 11.0. The molecule has 1 saturated heterocycles. The number of oxazole rings is 1. The number of aromatic carboxylic acids is 1. The summed E-state index contributed by atoms with van der Waals surface area (Å²) in [6, 6.07) is 5.19. The second-order valence-corrected chi connectivity index (χ2v) is 6.17.